The first-order chi connectivity index (χ1) is 33.2. The summed E-state index contributed by atoms with van der Waals surface area (Å²) < 4.78 is 0. The van der Waals surface area contributed by atoms with E-state index >= 15 is 0 Å². The second kappa shape index (κ2) is 26.4. The van der Waals surface area contributed by atoms with Crippen molar-refractivity contribution in [1.82, 2.24) is 36.5 Å². The van der Waals surface area contributed by atoms with Gasteiger partial charge in [-0.15, -0.1) is 0 Å². The number of fused-ring (bicyclic) bond motifs is 3. The third kappa shape index (κ3) is 14.8. The number of amides is 6. The number of carbonyl (C=O) groups is 8. The van der Waals surface area contributed by atoms with Gasteiger partial charge in [-0.05, 0) is 70.9 Å². The largest absolute Gasteiger partial charge is 1.00 e. The molecule has 17 nitrogen and oxygen atoms in total. The van der Waals surface area contributed by atoms with Crippen LogP contribution in [0.1, 0.15) is 108 Å². The number of nitrogens with one attached hydrogen (secondary N) is 6. The number of aliphatic carboxylic acids is 2. The number of para-hydroxylation sites is 1. The van der Waals surface area contributed by atoms with Crippen LogP contribution >= 0.6 is 0 Å². The van der Waals surface area contributed by atoms with Crippen LogP contribution in [0.4, 0.5) is 0 Å². The molecule has 18 heteroatoms. The Bertz CT molecular complexity index is 2500. The zero-order valence-corrected chi connectivity index (χ0v) is 44.3. The van der Waals surface area contributed by atoms with E-state index in [9.17, 15) is 48.6 Å². The smallest absolute Gasteiger partial charge is 0.481 e. The van der Waals surface area contributed by atoms with Crippen LogP contribution in [0.15, 0.2) is 79.0 Å². The van der Waals surface area contributed by atoms with Crippen molar-refractivity contribution in [3.8, 4) is 0 Å². The quantitative estimate of drug-likeness (QED) is 0.0499. The summed E-state index contributed by atoms with van der Waals surface area (Å²) in [6.07, 6.45) is 3.03. The van der Waals surface area contributed by atoms with Gasteiger partial charge in [0.2, 0.25) is 35.4 Å². The Morgan fingerprint density at radius 1 is 0.676 bits per heavy atom. The molecule has 0 bridgehead atoms. The molecule has 0 radical (unpaired) electrons. The Kier molecular flexibility index (Phi) is 21.4. The maximum atomic E-state index is 14.6. The second-order valence-corrected chi connectivity index (χ2v) is 19.0. The van der Waals surface area contributed by atoms with Crippen molar-refractivity contribution < 1.29 is 78.1 Å². The first-order valence-electron chi connectivity index (χ1n) is 24.2. The minimum absolute atomic E-state index is 0. The molecule has 5 rings (SSSR count). The van der Waals surface area contributed by atoms with Crippen molar-refractivity contribution in [2.24, 2.45) is 17.8 Å². The standard InChI is InChI=1S/C53H69N7O10.Na/c1-9-30(5)45(52(68)60(8)47(31(6)10-2)51(67)58-42(53(69)70)26-35-28-54-39-22-16-15-19-36(35)39)59-49(65)41(27-43(62)63)56-48(64)40(25-29(3)4)57-50(66)46(55-32(7)61)44-37-20-13-11-17-33(37)23-24-34-18-12-14-21-38(34)44;/h11-22,28-31,40-42,44-47,54H,9-10,23-27H2,1-8H3,(H,55,61)(H,56,64)(H,57,66)(H,58,67)(H,59,65)(H,62,63)(H,69,70);/q;+1/t30-,31-,40-,41-,42-,45-,46+,47-;/m0./s1. The minimum atomic E-state index is -1.72. The molecule has 4 aromatic rings. The van der Waals surface area contributed by atoms with Gasteiger partial charge < -0.3 is 46.7 Å². The molecule has 0 saturated heterocycles. The molecule has 1 aromatic heterocycles. The summed E-state index contributed by atoms with van der Waals surface area (Å²) in [4.78, 5) is 114. The molecule has 0 unspecified atom stereocenters. The molecule has 0 saturated carbocycles. The fraction of sp³-hybridized carbons (Fsp3) is 0.472. The zero-order chi connectivity index (χ0) is 51.4. The number of carbonyl (C=O) groups excluding carboxylic acids is 6. The van der Waals surface area contributed by atoms with Crippen LogP contribution in [-0.4, -0.2) is 111 Å². The molecule has 6 amide bonds. The van der Waals surface area contributed by atoms with Crippen LogP contribution in [0.5, 0.6) is 0 Å². The first-order valence-corrected chi connectivity index (χ1v) is 24.2. The Labute approximate surface area is 437 Å². The van der Waals surface area contributed by atoms with Gasteiger partial charge in [0.15, 0.2) is 0 Å². The van der Waals surface area contributed by atoms with Crippen LogP contribution in [-0.2, 0) is 57.6 Å². The number of benzene rings is 3. The molecule has 71 heavy (non-hydrogen) atoms. The van der Waals surface area contributed by atoms with Gasteiger partial charge in [-0.2, -0.15) is 0 Å². The maximum Gasteiger partial charge on any atom is 1.00 e. The van der Waals surface area contributed by atoms with Gasteiger partial charge in [0.05, 0.1) is 6.42 Å². The van der Waals surface area contributed by atoms with Crippen LogP contribution in [0.3, 0.4) is 0 Å². The number of carboxylic acids is 2. The van der Waals surface area contributed by atoms with E-state index in [1.807, 2.05) is 93.6 Å². The van der Waals surface area contributed by atoms with Crippen molar-refractivity contribution in [2.45, 2.75) is 136 Å². The minimum Gasteiger partial charge on any atom is -0.481 e. The van der Waals surface area contributed by atoms with Crippen LogP contribution in [0, 0.1) is 17.8 Å². The number of aromatic nitrogens is 1. The number of nitrogens with zero attached hydrogens (tertiary/aromatic N) is 1. The summed E-state index contributed by atoms with van der Waals surface area (Å²) in [5.41, 5.74) is 5.19. The third-order valence-corrected chi connectivity index (χ3v) is 13.5. The van der Waals surface area contributed by atoms with Gasteiger partial charge in [0.25, 0.3) is 0 Å². The number of H-pyrrole nitrogens is 1. The Morgan fingerprint density at radius 3 is 1.76 bits per heavy atom. The molecule has 1 aliphatic rings. The van der Waals surface area contributed by atoms with Gasteiger partial charge in [-0.25, -0.2) is 4.79 Å². The van der Waals surface area contributed by atoms with E-state index in [-0.39, 0.29) is 48.3 Å². The van der Waals surface area contributed by atoms with E-state index in [0.29, 0.717) is 31.2 Å². The number of rotatable bonds is 23. The van der Waals surface area contributed by atoms with Gasteiger partial charge >= 0.3 is 41.5 Å². The summed E-state index contributed by atoms with van der Waals surface area (Å²) in [5.74, 6) is -8.94. The number of hydrogen-bond donors (Lipinski definition) is 8. The van der Waals surface area contributed by atoms with Gasteiger partial charge in [0, 0.05) is 43.4 Å². The van der Waals surface area contributed by atoms with Gasteiger partial charge in [-0.1, -0.05) is 121 Å². The van der Waals surface area contributed by atoms with Crippen LogP contribution in [0.25, 0.3) is 10.9 Å². The molecule has 0 spiro atoms. The van der Waals surface area contributed by atoms with E-state index in [4.69, 9.17) is 0 Å². The van der Waals surface area contributed by atoms with Crippen molar-refractivity contribution in [1.29, 1.82) is 0 Å². The number of likely N-dealkylation sites (N-methyl/N-ethyl adjacent to an activating group) is 1. The van der Waals surface area contributed by atoms with Crippen molar-refractivity contribution in [2.75, 3.05) is 7.05 Å². The summed E-state index contributed by atoms with van der Waals surface area (Å²) in [6.45, 7) is 12.0. The van der Waals surface area contributed by atoms with Crippen molar-refractivity contribution in [3.05, 3.63) is 107 Å². The normalized spacial score (nSPS) is 15.6. The van der Waals surface area contributed by atoms with E-state index < -0.39 is 108 Å². The first kappa shape index (κ1) is 57.5. The third-order valence-electron chi connectivity index (χ3n) is 13.5. The molecule has 1 aliphatic carbocycles. The fourth-order valence-electron chi connectivity index (χ4n) is 9.38. The monoisotopic (exact) mass is 986 g/mol. The number of hydrogen-bond acceptors (Lipinski definition) is 8. The maximum absolute atomic E-state index is 14.6. The molecular formula is C53H69N7NaO10+. The number of aromatic amines is 1. The summed E-state index contributed by atoms with van der Waals surface area (Å²) in [5, 5.41) is 34.6. The number of aryl methyl sites for hydroxylation is 2. The van der Waals surface area contributed by atoms with Crippen molar-refractivity contribution >= 4 is 58.3 Å². The average Bonchev–Trinajstić information content (AvgIpc) is 3.65. The van der Waals surface area contributed by atoms with Crippen LogP contribution < -0.4 is 56.1 Å². The Balaban J connectivity index is 0.0000110. The predicted molar refractivity (Wildman–Crippen MR) is 264 cm³/mol. The predicted octanol–water partition coefficient (Wildman–Crippen LogP) is 1.61. The summed E-state index contributed by atoms with van der Waals surface area (Å²) in [6, 6.07) is 14.7. The molecule has 0 aliphatic heterocycles. The SMILES string of the molecule is CC[C@H](C)[C@H](NC(=O)[C@H](CC(=O)O)NC(=O)[C@H](CC(C)C)NC(=O)[C@H](NC(C)=O)C1c2ccccc2CCc2ccccc21)C(=O)N(C)[C@H](C(=O)N[C@@H](Cc1c[nH]c2ccccc12)C(=O)O)[C@@H](C)CC.[Na+]. The molecular weight excluding hydrogens is 918 g/mol. The van der Waals surface area contributed by atoms with Crippen LogP contribution in [0.2, 0.25) is 0 Å². The molecule has 8 atom stereocenters. The van der Waals surface area contributed by atoms with E-state index in [1.165, 1.54) is 18.9 Å². The van der Waals surface area contributed by atoms with E-state index in [2.05, 4.69) is 31.6 Å². The molecule has 0 fully saturated rings. The molecule has 8 N–H and O–H groups in total. The van der Waals surface area contributed by atoms with Gasteiger partial charge in [0.1, 0.15) is 36.3 Å². The topological polar surface area (TPSA) is 256 Å². The summed E-state index contributed by atoms with van der Waals surface area (Å²) >= 11 is 0. The van der Waals surface area contributed by atoms with E-state index in [1.54, 1.807) is 27.0 Å². The fourth-order valence-corrected chi connectivity index (χ4v) is 9.38. The van der Waals surface area contributed by atoms with Gasteiger partial charge in [-0.3, -0.25) is 33.6 Å². The summed E-state index contributed by atoms with van der Waals surface area (Å²) in [7, 11) is 1.39. The Hall–Kier alpha value is -6.04. The molecule has 376 valence electrons. The van der Waals surface area contributed by atoms with E-state index in [0.717, 1.165) is 33.2 Å². The number of carboxylic acid groups (broad SMARTS) is 2. The molecule has 3 aromatic carbocycles. The Morgan fingerprint density at radius 2 is 1.21 bits per heavy atom. The zero-order valence-electron chi connectivity index (χ0n) is 42.3. The van der Waals surface area contributed by atoms with Crippen molar-refractivity contribution in [3.63, 3.8) is 0 Å². The average molecular weight is 987 g/mol. The second-order valence-electron chi connectivity index (χ2n) is 19.0. The molecule has 1 heterocycles.